The van der Waals surface area contributed by atoms with Gasteiger partial charge in [0.25, 0.3) is 0 Å². The van der Waals surface area contributed by atoms with Crippen molar-refractivity contribution in [2.24, 2.45) is 5.92 Å². The molecule has 1 aliphatic heterocycles. The highest BCUT2D eigenvalue weighted by molar-refractivity contribution is 5.36. The molecular weight excluding hydrogens is 270 g/mol. The zero-order chi connectivity index (χ0) is 15.2. The highest BCUT2D eigenvalue weighted by Crippen LogP contribution is 2.24. The Morgan fingerprint density at radius 2 is 1.77 bits per heavy atom. The van der Waals surface area contributed by atoms with E-state index in [-0.39, 0.29) is 0 Å². The molecule has 1 fully saturated rings. The number of nitrogens with one attached hydrogen (secondary N) is 1. The van der Waals surface area contributed by atoms with E-state index in [2.05, 4.69) is 42.6 Å². The first kappa shape index (κ1) is 15.1. The van der Waals surface area contributed by atoms with Crippen LogP contribution in [-0.2, 0) is 13.0 Å². The summed E-state index contributed by atoms with van der Waals surface area (Å²) in [6.45, 7) is 5.12. The third kappa shape index (κ3) is 4.11. The van der Waals surface area contributed by atoms with Gasteiger partial charge in [-0.2, -0.15) is 0 Å². The summed E-state index contributed by atoms with van der Waals surface area (Å²) in [5, 5.41) is 3.43. The van der Waals surface area contributed by atoms with Gasteiger partial charge in [-0.25, -0.2) is 0 Å². The highest BCUT2D eigenvalue weighted by atomic mass is 16.5. The molecule has 1 aliphatic rings. The average molecular weight is 295 g/mol. The first-order valence-corrected chi connectivity index (χ1v) is 8.28. The van der Waals surface area contributed by atoms with Crippen LogP contribution in [0.1, 0.15) is 29.5 Å². The number of aryl methyl sites for hydroxylation is 1. The lowest BCUT2D eigenvalue weighted by molar-refractivity contribution is 0.304. The first-order valence-electron chi connectivity index (χ1n) is 8.28. The summed E-state index contributed by atoms with van der Waals surface area (Å²) < 4.78 is 5.96. The number of rotatable bonds is 5. The molecule has 0 radical (unpaired) electrons. The van der Waals surface area contributed by atoms with Crippen molar-refractivity contribution in [3.63, 3.8) is 0 Å². The predicted molar refractivity (Wildman–Crippen MR) is 91.3 cm³/mol. The Bertz CT molecular complexity index is 588. The maximum absolute atomic E-state index is 5.96. The molecule has 1 N–H and O–H groups in total. The molecule has 0 unspecified atom stereocenters. The van der Waals surface area contributed by atoms with Gasteiger partial charge in [0, 0.05) is 0 Å². The lowest BCUT2D eigenvalue weighted by Gasteiger charge is -2.22. The van der Waals surface area contributed by atoms with E-state index in [1.54, 1.807) is 0 Å². The van der Waals surface area contributed by atoms with E-state index in [1.165, 1.54) is 49.0 Å². The van der Waals surface area contributed by atoms with E-state index >= 15 is 0 Å². The molecule has 2 nitrogen and oxygen atoms in total. The number of benzene rings is 2. The second-order valence-electron chi connectivity index (χ2n) is 6.27. The minimum absolute atomic E-state index is 0.634. The predicted octanol–water partition coefficient (Wildman–Crippen LogP) is 4.12. The molecule has 116 valence electrons. The fourth-order valence-electron chi connectivity index (χ4n) is 3.15. The van der Waals surface area contributed by atoms with Crippen molar-refractivity contribution in [2.75, 3.05) is 13.1 Å². The minimum atomic E-state index is 0.634. The molecule has 2 heteroatoms. The van der Waals surface area contributed by atoms with Gasteiger partial charge in [-0.3, -0.25) is 0 Å². The van der Waals surface area contributed by atoms with Crippen LogP contribution >= 0.6 is 0 Å². The summed E-state index contributed by atoms with van der Waals surface area (Å²) in [4.78, 5) is 0. The van der Waals surface area contributed by atoms with Gasteiger partial charge < -0.3 is 10.1 Å². The molecule has 22 heavy (non-hydrogen) atoms. The second-order valence-corrected chi connectivity index (χ2v) is 6.27. The Morgan fingerprint density at radius 3 is 2.50 bits per heavy atom. The zero-order valence-electron chi connectivity index (χ0n) is 13.3. The van der Waals surface area contributed by atoms with Crippen molar-refractivity contribution in [1.29, 1.82) is 0 Å². The van der Waals surface area contributed by atoms with Crippen molar-refractivity contribution in [3.8, 4) is 5.75 Å². The van der Waals surface area contributed by atoms with Crippen LogP contribution in [0.15, 0.2) is 48.5 Å². The molecule has 0 aromatic heterocycles. The zero-order valence-corrected chi connectivity index (χ0v) is 13.3. The maximum Gasteiger partial charge on any atom is 0.122 e. The smallest absolute Gasteiger partial charge is 0.122 e. The van der Waals surface area contributed by atoms with Crippen molar-refractivity contribution in [2.45, 2.75) is 32.8 Å². The van der Waals surface area contributed by atoms with Crippen LogP contribution in [-0.4, -0.2) is 13.1 Å². The van der Waals surface area contributed by atoms with Gasteiger partial charge in [0.1, 0.15) is 12.4 Å². The fourth-order valence-corrected chi connectivity index (χ4v) is 3.15. The van der Waals surface area contributed by atoms with Crippen LogP contribution in [0.5, 0.6) is 5.75 Å². The van der Waals surface area contributed by atoms with Crippen molar-refractivity contribution < 1.29 is 4.74 Å². The van der Waals surface area contributed by atoms with E-state index in [9.17, 15) is 0 Å². The third-order valence-corrected chi connectivity index (χ3v) is 4.46. The van der Waals surface area contributed by atoms with E-state index < -0.39 is 0 Å². The lowest BCUT2D eigenvalue weighted by atomic mass is 9.90. The first-order chi connectivity index (χ1) is 10.8. The van der Waals surface area contributed by atoms with Crippen molar-refractivity contribution >= 4 is 0 Å². The van der Waals surface area contributed by atoms with Gasteiger partial charge >= 0.3 is 0 Å². The Kier molecular flexibility index (Phi) is 5.12. The Morgan fingerprint density at radius 1 is 1.00 bits per heavy atom. The van der Waals surface area contributed by atoms with Crippen LogP contribution in [0.4, 0.5) is 0 Å². The van der Waals surface area contributed by atoms with Gasteiger partial charge in [0.05, 0.1) is 0 Å². The van der Waals surface area contributed by atoms with Gasteiger partial charge in [0.15, 0.2) is 0 Å². The number of piperidine rings is 1. The number of hydrogen-bond acceptors (Lipinski definition) is 2. The van der Waals surface area contributed by atoms with E-state index in [4.69, 9.17) is 4.74 Å². The fraction of sp³-hybridized carbons (Fsp3) is 0.400. The molecule has 1 heterocycles. The molecular formula is C20H25NO. The molecule has 0 amide bonds. The lowest BCUT2D eigenvalue weighted by Crippen LogP contribution is -2.28. The van der Waals surface area contributed by atoms with Gasteiger partial charge in [-0.15, -0.1) is 0 Å². The van der Waals surface area contributed by atoms with Crippen molar-refractivity contribution in [3.05, 3.63) is 65.2 Å². The Labute approximate surface area is 133 Å². The molecule has 0 bridgehead atoms. The SMILES string of the molecule is Cc1cc(CC2CCNCC2)ccc1OCc1ccccc1. The Hall–Kier alpha value is -1.80. The standard InChI is InChI=1S/C20H25NO/c1-16-13-19(14-17-9-11-21-12-10-17)7-8-20(16)22-15-18-5-3-2-4-6-18/h2-8,13,17,21H,9-12,14-15H2,1H3. The topological polar surface area (TPSA) is 21.3 Å². The molecule has 1 saturated heterocycles. The van der Waals surface area contributed by atoms with Crippen molar-refractivity contribution in [1.82, 2.24) is 5.32 Å². The molecule has 2 aromatic carbocycles. The maximum atomic E-state index is 5.96. The van der Waals surface area contributed by atoms with E-state index in [0.717, 1.165) is 11.7 Å². The highest BCUT2D eigenvalue weighted by Gasteiger charge is 2.14. The summed E-state index contributed by atoms with van der Waals surface area (Å²) in [5.74, 6) is 1.83. The van der Waals surface area contributed by atoms with Gasteiger partial charge in [-0.1, -0.05) is 42.5 Å². The van der Waals surface area contributed by atoms with Crippen LogP contribution in [0.25, 0.3) is 0 Å². The molecule has 2 aromatic rings. The number of hydrogen-bond donors (Lipinski definition) is 1. The summed E-state index contributed by atoms with van der Waals surface area (Å²) >= 11 is 0. The normalized spacial score (nSPS) is 15.7. The number of ether oxygens (including phenoxy) is 1. The monoisotopic (exact) mass is 295 g/mol. The van der Waals surface area contributed by atoms with Crippen LogP contribution < -0.4 is 10.1 Å². The molecule has 0 atom stereocenters. The van der Waals surface area contributed by atoms with Crippen LogP contribution in [0.3, 0.4) is 0 Å². The summed E-state index contributed by atoms with van der Waals surface area (Å²) in [5.41, 5.74) is 3.89. The Balaban J connectivity index is 1.59. The minimum Gasteiger partial charge on any atom is -0.489 e. The quantitative estimate of drug-likeness (QED) is 0.896. The summed E-state index contributed by atoms with van der Waals surface area (Å²) in [6.07, 6.45) is 3.79. The average Bonchev–Trinajstić information content (AvgIpc) is 2.56. The van der Waals surface area contributed by atoms with E-state index in [0.29, 0.717) is 6.61 Å². The molecule has 0 saturated carbocycles. The largest absolute Gasteiger partial charge is 0.489 e. The summed E-state index contributed by atoms with van der Waals surface area (Å²) in [6, 6.07) is 17.0. The van der Waals surface area contributed by atoms with Gasteiger partial charge in [0.2, 0.25) is 0 Å². The molecule has 0 spiro atoms. The second kappa shape index (κ2) is 7.46. The summed E-state index contributed by atoms with van der Waals surface area (Å²) in [7, 11) is 0. The van der Waals surface area contributed by atoms with Crippen LogP contribution in [0.2, 0.25) is 0 Å². The molecule has 0 aliphatic carbocycles. The third-order valence-electron chi connectivity index (χ3n) is 4.46. The van der Waals surface area contributed by atoms with Crippen LogP contribution in [0, 0.1) is 12.8 Å². The van der Waals surface area contributed by atoms with E-state index in [1.807, 2.05) is 18.2 Å². The van der Waals surface area contributed by atoms with Gasteiger partial charge in [-0.05, 0) is 68.0 Å². The molecule has 3 rings (SSSR count).